The molecular formula is C21H18O8. The average molecular weight is 398 g/mol. The molecule has 3 N–H and O–H groups in total. The SMILES string of the molecule is CC(=O)c1cc([C@@H]2c3cc4c(cc3[C@@H](O)[C@H]3COC(=O)[C@H]23)OCO4)cc(O)c1O. The minimum atomic E-state index is -0.940. The van der Waals surface area contributed by atoms with Crippen LogP contribution in [0.25, 0.3) is 0 Å². The van der Waals surface area contributed by atoms with Gasteiger partial charge in [-0.25, -0.2) is 0 Å². The summed E-state index contributed by atoms with van der Waals surface area (Å²) in [4.78, 5) is 24.5. The number of phenols is 2. The molecule has 1 fully saturated rings. The maximum atomic E-state index is 12.6. The Labute approximate surface area is 165 Å². The van der Waals surface area contributed by atoms with Crippen molar-refractivity contribution in [3.05, 3.63) is 46.5 Å². The van der Waals surface area contributed by atoms with Crippen LogP contribution >= 0.6 is 0 Å². The molecule has 0 spiro atoms. The van der Waals surface area contributed by atoms with E-state index in [0.717, 1.165) is 0 Å². The van der Waals surface area contributed by atoms with Gasteiger partial charge < -0.3 is 29.5 Å². The number of ketones is 1. The van der Waals surface area contributed by atoms with E-state index in [1.807, 2.05) is 0 Å². The number of fused-ring (bicyclic) bond motifs is 3. The number of benzene rings is 2. The summed E-state index contributed by atoms with van der Waals surface area (Å²) >= 11 is 0. The molecule has 0 bridgehead atoms. The van der Waals surface area contributed by atoms with Crippen LogP contribution in [0.1, 0.15) is 46.0 Å². The summed E-state index contributed by atoms with van der Waals surface area (Å²) in [6.07, 6.45) is -0.940. The molecular weight excluding hydrogens is 380 g/mol. The summed E-state index contributed by atoms with van der Waals surface area (Å²) in [5, 5.41) is 31.2. The Kier molecular flexibility index (Phi) is 3.76. The quantitative estimate of drug-likeness (QED) is 0.399. The Hall–Kier alpha value is -3.26. The Morgan fingerprint density at radius 2 is 1.72 bits per heavy atom. The van der Waals surface area contributed by atoms with Gasteiger partial charge in [0, 0.05) is 11.8 Å². The Morgan fingerprint density at radius 1 is 1.03 bits per heavy atom. The minimum absolute atomic E-state index is 0.0451. The number of aliphatic hydroxyl groups is 1. The van der Waals surface area contributed by atoms with Crippen molar-refractivity contribution in [3.8, 4) is 23.0 Å². The van der Waals surface area contributed by atoms with Crippen molar-refractivity contribution in [1.29, 1.82) is 0 Å². The fraction of sp³-hybridized carbons (Fsp3) is 0.333. The zero-order valence-electron chi connectivity index (χ0n) is 15.4. The lowest BCUT2D eigenvalue weighted by Crippen LogP contribution is -2.34. The fourth-order valence-corrected chi connectivity index (χ4v) is 4.62. The highest BCUT2D eigenvalue weighted by Gasteiger charge is 2.52. The number of hydrogen-bond donors (Lipinski definition) is 3. The van der Waals surface area contributed by atoms with Gasteiger partial charge in [0.2, 0.25) is 6.79 Å². The summed E-state index contributed by atoms with van der Waals surface area (Å²) in [7, 11) is 0. The van der Waals surface area contributed by atoms with E-state index < -0.39 is 47.1 Å². The molecule has 3 aliphatic rings. The molecule has 1 aliphatic carbocycles. The summed E-state index contributed by atoms with van der Waals surface area (Å²) < 4.78 is 16.1. The molecule has 2 heterocycles. The molecule has 29 heavy (non-hydrogen) atoms. The molecule has 0 amide bonds. The lowest BCUT2D eigenvalue weighted by atomic mass is 9.66. The predicted octanol–water partition coefficient (Wildman–Crippen LogP) is 2.00. The second kappa shape index (κ2) is 6.12. The van der Waals surface area contributed by atoms with Crippen molar-refractivity contribution in [2.75, 3.05) is 13.4 Å². The summed E-state index contributed by atoms with van der Waals surface area (Å²) in [6, 6.07) is 6.21. The van der Waals surface area contributed by atoms with E-state index in [1.165, 1.54) is 19.1 Å². The molecule has 8 heteroatoms. The van der Waals surface area contributed by atoms with E-state index in [-0.39, 0.29) is 19.0 Å². The number of aromatic hydroxyl groups is 2. The van der Waals surface area contributed by atoms with Crippen LogP contribution in [0.5, 0.6) is 23.0 Å². The van der Waals surface area contributed by atoms with Crippen LogP contribution in [0.4, 0.5) is 0 Å². The van der Waals surface area contributed by atoms with E-state index in [4.69, 9.17) is 14.2 Å². The third kappa shape index (κ3) is 2.49. The Balaban J connectivity index is 1.76. The van der Waals surface area contributed by atoms with Crippen molar-refractivity contribution < 1.29 is 39.1 Å². The first-order valence-electron chi connectivity index (χ1n) is 9.21. The topological polar surface area (TPSA) is 123 Å². The zero-order valence-corrected chi connectivity index (χ0v) is 15.4. The van der Waals surface area contributed by atoms with Gasteiger partial charge in [-0.3, -0.25) is 9.59 Å². The van der Waals surface area contributed by atoms with Crippen LogP contribution in [-0.2, 0) is 9.53 Å². The van der Waals surface area contributed by atoms with Gasteiger partial charge in [-0.1, -0.05) is 0 Å². The Bertz CT molecular complexity index is 1060. The molecule has 0 radical (unpaired) electrons. The summed E-state index contributed by atoms with van der Waals surface area (Å²) in [5.41, 5.74) is 1.62. The van der Waals surface area contributed by atoms with Crippen LogP contribution in [0.2, 0.25) is 0 Å². The van der Waals surface area contributed by atoms with Crippen molar-refractivity contribution in [3.63, 3.8) is 0 Å². The van der Waals surface area contributed by atoms with Gasteiger partial charge in [-0.15, -0.1) is 0 Å². The number of Topliss-reactive ketones (excluding diaryl/α,β-unsaturated/α-hetero) is 1. The van der Waals surface area contributed by atoms with E-state index in [9.17, 15) is 24.9 Å². The van der Waals surface area contributed by atoms with Gasteiger partial charge in [0.05, 0.1) is 24.2 Å². The summed E-state index contributed by atoms with van der Waals surface area (Å²) in [6.45, 7) is 1.41. The number of carbonyl (C=O) groups is 2. The third-order valence-corrected chi connectivity index (χ3v) is 6.00. The van der Waals surface area contributed by atoms with Gasteiger partial charge in [-0.05, 0) is 47.9 Å². The first-order valence-corrected chi connectivity index (χ1v) is 9.21. The molecule has 2 aliphatic heterocycles. The zero-order chi connectivity index (χ0) is 20.4. The second-order valence-corrected chi connectivity index (χ2v) is 7.57. The van der Waals surface area contributed by atoms with Crippen molar-refractivity contribution in [2.24, 2.45) is 11.8 Å². The maximum absolute atomic E-state index is 12.6. The molecule has 1 saturated heterocycles. The molecule has 0 saturated carbocycles. The molecule has 0 aromatic heterocycles. The summed E-state index contributed by atoms with van der Waals surface area (Å²) in [5.74, 6) is -2.65. The van der Waals surface area contributed by atoms with Crippen molar-refractivity contribution in [1.82, 2.24) is 0 Å². The van der Waals surface area contributed by atoms with Crippen molar-refractivity contribution in [2.45, 2.75) is 18.9 Å². The molecule has 8 nitrogen and oxygen atoms in total. The number of esters is 1. The number of cyclic esters (lactones) is 1. The number of ether oxygens (including phenoxy) is 3. The van der Waals surface area contributed by atoms with Gasteiger partial charge in [0.25, 0.3) is 0 Å². The smallest absolute Gasteiger partial charge is 0.310 e. The first-order chi connectivity index (χ1) is 13.9. The number of hydrogen-bond acceptors (Lipinski definition) is 8. The highest BCUT2D eigenvalue weighted by Crippen LogP contribution is 2.54. The molecule has 150 valence electrons. The van der Waals surface area contributed by atoms with Gasteiger partial charge in [0.1, 0.15) is 0 Å². The molecule has 5 rings (SSSR count). The third-order valence-electron chi connectivity index (χ3n) is 6.00. The number of rotatable bonds is 2. The van der Waals surface area contributed by atoms with Crippen LogP contribution in [-0.4, -0.2) is 40.5 Å². The fourth-order valence-electron chi connectivity index (χ4n) is 4.62. The lowest BCUT2D eigenvalue weighted by Gasteiger charge is -2.36. The molecule has 2 aromatic rings. The van der Waals surface area contributed by atoms with E-state index in [2.05, 4.69) is 0 Å². The van der Waals surface area contributed by atoms with Gasteiger partial charge in [-0.2, -0.15) is 0 Å². The second-order valence-electron chi connectivity index (χ2n) is 7.57. The highest BCUT2D eigenvalue weighted by atomic mass is 16.7. The number of aliphatic hydroxyl groups excluding tert-OH is 1. The molecule has 2 aromatic carbocycles. The van der Waals surface area contributed by atoms with Gasteiger partial charge >= 0.3 is 5.97 Å². The predicted molar refractivity (Wildman–Crippen MR) is 97.1 cm³/mol. The first kappa shape index (κ1) is 17.8. The van der Waals surface area contributed by atoms with E-state index in [0.29, 0.717) is 28.2 Å². The Morgan fingerprint density at radius 3 is 2.41 bits per heavy atom. The number of carbonyl (C=O) groups excluding carboxylic acids is 2. The highest BCUT2D eigenvalue weighted by molar-refractivity contribution is 5.98. The monoisotopic (exact) mass is 398 g/mol. The van der Waals surface area contributed by atoms with E-state index >= 15 is 0 Å². The van der Waals surface area contributed by atoms with Crippen LogP contribution in [0.15, 0.2) is 24.3 Å². The minimum Gasteiger partial charge on any atom is -0.504 e. The van der Waals surface area contributed by atoms with E-state index in [1.54, 1.807) is 12.1 Å². The largest absolute Gasteiger partial charge is 0.504 e. The molecule has 4 atom stereocenters. The number of phenolic OH excluding ortho intramolecular Hbond substituents is 2. The molecule has 0 unspecified atom stereocenters. The normalized spacial score (nSPS) is 26.6. The van der Waals surface area contributed by atoms with Gasteiger partial charge in [0.15, 0.2) is 28.8 Å². The van der Waals surface area contributed by atoms with Crippen LogP contribution < -0.4 is 9.47 Å². The van der Waals surface area contributed by atoms with Crippen LogP contribution in [0.3, 0.4) is 0 Å². The maximum Gasteiger partial charge on any atom is 0.310 e. The lowest BCUT2D eigenvalue weighted by molar-refractivity contribution is -0.141. The van der Waals surface area contributed by atoms with Crippen molar-refractivity contribution >= 4 is 11.8 Å². The standard InChI is InChI=1S/C21H18O8/c1-8(22)10-2-9(3-14(23)20(10)25)17-11-4-15-16(29-7-28-15)5-12(11)19(24)13-6-27-21(26)18(13)17/h2-5,13,17-19,23-25H,6-7H2,1H3/t13-,17+,18-,19+/m0/s1. The average Bonchev–Trinajstić information content (AvgIpc) is 3.30. The van der Waals surface area contributed by atoms with Crippen LogP contribution in [0, 0.1) is 11.8 Å².